The Bertz CT molecular complexity index is 959. The highest BCUT2D eigenvalue weighted by Crippen LogP contribution is 2.43. The van der Waals surface area contributed by atoms with Gasteiger partial charge in [-0.1, -0.05) is 6.07 Å². The van der Waals surface area contributed by atoms with Crippen LogP contribution in [0.15, 0.2) is 40.6 Å². The predicted octanol–water partition coefficient (Wildman–Crippen LogP) is 3.57. The van der Waals surface area contributed by atoms with E-state index in [0.29, 0.717) is 41.4 Å². The largest absolute Gasteiger partial charge is 0.593 e. The highest BCUT2D eigenvalue weighted by atomic mass is 28.1. The van der Waals surface area contributed by atoms with Crippen LogP contribution in [0.25, 0.3) is 0 Å². The standard InChI is InChI=1S/C17H16F3N4O4Si/c1-9(10-4-5-14(28-3)15(29)6-10)21-22-16-12(23-25)7-11(17(18,19)20)8-13(16)24(2,26)27/h4-8,22,26H,1-3H3/b21-9+. The Morgan fingerprint density at radius 2 is 1.97 bits per heavy atom. The lowest BCUT2D eigenvalue weighted by molar-refractivity contribution is -0.137. The number of hydrogen-bond acceptors (Lipinski definition) is 7. The minimum atomic E-state index is -4.85. The van der Waals surface area contributed by atoms with Crippen molar-refractivity contribution >= 4 is 38.2 Å². The second-order valence-corrected chi connectivity index (χ2v) is 6.62. The highest BCUT2D eigenvalue weighted by Gasteiger charge is 2.35. The third-order valence-electron chi connectivity index (χ3n) is 3.92. The number of ether oxygens (including phenoxy) is 1. The Hall–Kier alpha value is -2.80. The van der Waals surface area contributed by atoms with Crippen LogP contribution in [0.2, 0.25) is 0 Å². The number of benzene rings is 2. The van der Waals surface area contributed by atoms with Gasteiger partial charge in [-0.05, 0) is 41.0 Å². The predicted molar refractivity (Wildman–Crippen MR) is 104 cm³/mol. The van der Waals surface area contributed by atoms with Crippen molar-refractivity contribution in [3.05, 3.63) is 51.6 Å². The summed E-state index contributed by atoms with van der Waals surface area (Å²) >= 11 is 0. The molecule has 2 aromatic carbocycles. The van der Waals surface area contributed by atoms with Crippen molar-refractivity contribution in [3.63, 3.8) is 0 Å². The molecule has 8 nitrogen and oxygen atoms in total. The van der Waals surface area contributed by atoms with Gasteiger partial charge in [0.15, 0.2) is 11.4 Å². The van der Waals surface area contributed by atoms with Crippen LogP contribution >= 0.6 is 0 Å². The molecule has 0 aromatic heterocycles. The molecule has 2 aromatic rings. The molecule has 0 aliphatic carbocycles. The third-order valence-corrected chi connectivity index (χ3v) is 4.31. The van der Waals surface area contributed by atoms with Crippen LogP contribution in [-0.2, 0) is 6.18 Å². The number of rotatable bonds is 6. The first-order valence-corrected chi connectivity index (χ1v) is 8.48. The lowest BCUT2D eigenvalue weighted by atomic mass is 10.1. The Morgan fingerprint density at radius 1 is 1.31 bits per heavy atom. The number of halogens is 3. The van der Waals surface area contributed by atoms with E-state index >= 15 is 0 Å². The van der Waals surface area contributed by atoms with E-state index in [0.717, 1.165) is 0 Å². The van der Waals surface area contributed by atoms with Gasteiger partial charge < -0.3 is 9.94 Å². The fraction of sp³-hybridized carbons (Fsp3) is 0.235. The van der Waals surface area contributed by atoms with E-state index in [2.05, 4.69) is 25.9 Å². The molecule has 2 rings (SSSR count). The lowest BCUT2D eigenvalue weighted by Gasteiger charge is -2.30. The number of hydrazone groups is 1. The Kier molecular flexibility index (Phi) is 6.42. The molecular formula is C17H16F3N4O4Si. The van der Waals surface area contributed by atoms with E-state index in [9.17, 15) is 28.5 Å². The molecule has 0 saturated heterocycles. The van der Waals surface area contributed by atoms with Crippen LogP contribution in [0.5, 0.6) is 5.75 Å². The van der Waals surface area contributed by atoms with Crippen molar-refractivity contribution < 1.29 is 23.1 Å². The maximum absolute atomic E-state index is 13.0. The Balaban J connectivity index is 2.52. The molecule has 29 heavy (non-hydrogen) atoms. The molecule has 153 valence electrons. The monoisotopic (exact) mass is 425 g/mol. The number of alkyl halides is 3. The molecule has 12 heteroatoms. The number of nitrogens with zero attached hydrogens (tertiary/aromatic N) is 3. The lowest BCUT2D eigenvalue weighted by Crippen LogP contribution is -2.34. The number of hydroxylamine groups is 2. The van der Waals surface area contributed by atoms with Gasteiger partial charge in [0, 0.05) is 6.07 Å². The van der Waals surface area contributed by atoms with Gasteiger partial charge >= 0.3 is 6.18 Å². The van der Waals surface area contributed by atoms with Crippen molar-refractivity contribution in [2.45, 2.75) is 13.1 Å². The topological polar surface area (TPSA) is 106 Å². The minimum absolute atomic E-state index is 0.368. The zero-order valence-electron chi connectivity index (χ0n) is 15.5. The maximum Gasteiger partial charge on any atom is 0.416 e. The fourth-order valence-corrected chi connectivity index (χ4v) is 2.77. The van der Waals surface area contributed by atoms with Gasteiger partial charge in [-0.25, -0.2) is 5.21 Å². The number of hydrogen-bond donors (Lipinski definition) is 2. The van der Waals surface area contributed by atoms with E-state index in [1.807, 2.05) is 0 Å². The summed E-state index contributed by atoms with van der Waals surface area (Å²) in [4.78, 5) is 8.87. The van der Waals surface area contributed by atoms with Crippen LogP contribution < -0.4 is 20.2 Å². The summed E-state index contributed by atoms with van der Waals surface area (Å²) in [5, 5.41) is 28.9. The zero-order valence-corrected chi connectivity index (χ0v) is 16.5. The number of nitrogens with one attached hydrogen (secondary N) is 1. The van der Waals surface area contributed by atoms with Crippen molar-refractivity contribution in [1.29, 1.82) is 0 Å². The number of quaternary nitrogens is 1. The molecule has 3 radical (unpaired) electrons. The van der Waals surface area contributed by atoms with Crippen LogP contribution in [0.3, 0.4) is 0 Å². The minimum Gasteiger partial charge on any atom is -0.593 e. The summed E-state index contributed by atoms with van der Waals surface area (Å²) in [6.07, 6.45) is -4.85. The van der Waals surface area contributed by atoms with E-state index in [-0.39, 0.29) is 0 Å². The molecule has 0 bridgehead atoms. The molecule has 0 amide bonds. The first-order chi connectivity index (χ1) is 13.4. The number of methoxy groups -OCH3 is 1. The van der Waals surface area contributed by atoms with Gasteiger partial charge in [-0.3, -0.25) is 5.43 Å². The van der Waals surface area contributed by atoms with Gasteiger partial charge in [-0.2, -0.15) is 23.1 Å². The number of nitroso groups, excluding NO2 is 1. The highest BCUT2D eigenvalue weighted by molar-refractivity contribution is 6.34. The summed E-state index contributed by atoms with van der Waals surface area (Å²) in [5.74, 6) is 0.573. The molecule has 1 unspecified atom stereocenters. The van der Waals surface area contributed by atoms with Crippen LogP contribution in [0.4, 0.5) is 30.2 Å². The third kappa shape index (κ3) is 5.17. The zero-order chi connectivity index (χ0) is 22.0. The first-order valence-electron chi connectivity index (χ1n) is 7.98. The van der Waals surface area contributed by atoms with Gasteiger partial charge in [0.05, 0.1) is 28.6 Å². The van der Waals surface area contributed by atoms with Crippen molar-refractivity contribution in [1.82, 2.24) is 4.81 Å². The SMILES string of the molecule is COc1ccc(/C(C)=N/Nc2c(N=O)cc(C(F)(F)F)cc2[N+](C)([O-])O)cc1[Si]. The molecule has 0 aliphatic rings. The van der Waals surface area contributed by atoms with E-state index < -0.39 is 33.6 Å². The summed E-state index contributed by atoms with van der Waals surface area (Å²) in [6.45, 7) is 1.59. The Labute approximate surface area is 167 Å². The average Bonchev–Trinajstić information content (AvgIpc) is 2.63. The van der Waals surface area contributed by atoms with E-state index in [1.54, 1.807) is 25.1 Å². The summed E-state index contributed by atoms with van der Waals surface area (Å²) in [5.41, 5.74) is 0.0973. The average molecular weight is 425 g/mol. The van der Waals surface area contributed by atoms with Gasteiger partial charge in [-0.15, -0.1) is 4.91 Å². The number of anilines is 1. The summed E-state index contributed by atoms with van der Waals surface area (Å²) < 4.78 is 44.2. The normalized spacial score (nSPS) is 14.3. The van der Waals surface area contributed by atoms with Crippen LogP contribution in [0, 0.1) is 10.1 Å². The van der Waals surface area contributed by atoms with Gasteiger partial charge in [0.2, 0.25) is 0 Å². The van der Waals surface area contributed by atoms with Gasteiger partial charge in [0.1, 0.15) is 18.5 Å². The molecule has 0 spiro atoms. The van der Waals surface area contributed by atoms with Crippen LogP contribution in [0.1, 0.15) is 18.1 Å². The summed E-state index contributed by atoms with van der Waals surface area (Å²) in [7, 11) is 5.56. The molecular weight excluding hydrogens is 409 g/mol. The smallest absolute Gasteiger partial charge is 0.416 e. The van der Waals surface area contributed by atoms with Crippen molar-refractivity contribution in [2.24, 2.45) is 10.3 Å². The fourth-order valence-electron chi connectivity index (χ4n) is 2.43. The molecule has 1 atom stereocenters. The quantitative estimate of drug-likeness (QED) is 0.242. The van der Waals surface area contributed by atoms with E-state index in [4.69, 9.17) is 4.74 Å². The molecule has 0 heterocycles. The second kappa shape index (κ2) is 8.29. The summed E-state index contributed by atoms with van der Waals surface area (Å²) in [6, 6.07) is 5.91. The van der Waals surface area contributed by atoms with Gasteiger partial charge in [0.25, 0.3) is 0 Å². The Morgan fingerprint density at radius 3 is 2.45 bits per heavy atom. The van der Waals surface area contributed by atoms with Crippen LogP contribution in [-0.4, -0.2) is 35.3 Å². The van der Waals surface area contributed by atoms with E-state index in [1.165, 1.54) is 7.11 Å². The van der Waals surface area contributed by atoms with Crippen molar-refractivity contribution in [2.75, 3.05) is 19.6 Å². The van der Waals surface area contributed by atoms with Crippen molar-refractivity contribution in [3.8, 4) is 5.75 Å². The molecule has 0 saturated carbocycles. The maximum atomic E-state index is 13.0. The molecule has 0 aliphatic heterocycles. The second-order valence-electron chi connectivity index (χ2n) is 6.08. The first kappa shape index (κ1) is 22.5. The molecule has 2 N–H and O–H groups in total. The molecule has 0 fully saturated rings.